The highest BCUT2D eigenvalue weighted by Gasteiger charge is 2.12. The van der Waals surface area contributed by atoms with Gasteiger partial charge in [-0.2, -0.15) is 0 Å². The maximum absolute atomic E-state index is 3.36. The molecule has 0 aliphatic rings. The summed E-state index contributed by atoms with van der Waals surface area (Å²) < 4.78 is 0. The van der Waals surface area contributed by atoms with Gasteiger partial charge in [0, 0.05) is 6.54 Å². The first-order valence-corrected chi connectivity index (χ1v) is 8.49. The fourth-order valence-corrected chi connectivity index (χ4v) is 3.01. The zero-order chi connectivity index (χ0) is 14.6. The van der Waals surface area contributed by atoms with Crippen molar-refractivity contribution in [1.82, 2.24) is 5.32 Å². The lowest BCUT2D eigenvalue weighted by Crippen LogP contribution is -2.18. The number of nitrogens with one attached hydrogen (secondary N) is 1. The first-order valence-electron chi connectivity index (χ1n) is 8.49. The Balaban J connectivity index is 2.31. The molecule has 0 aromatic heterocycles. The average Bonchev–Trinajstić information content (AvgIpc) is 2.46. The van der Waals surface area contributed by atoms with Gasteiger partial charge in [0.25, 0.3) is 0 Å². The number of rotatable bonds is 11. The van der Waals surface area contributed by atoms with Gasteiger partial charge in [-0.3, -0.25) is 0 Å². The van der Waals surface area contributed by atoms with Crippen LogP contribution in [0.15, 0.2) is 24.3 Å². The van der Waals surface area contributed by atoms with Gasteiger partial charge in [-0.1, -0.05) is 76.1 Å². The molecule has 1 aromatic rings. The van der Waals surface area contributed by atoms with Crippen LogP contribution in [0.2, 0.25) is 0 Å². The van der Waals surface area contributed by atoms with Crippen molar-refractivity contribution >= 4 is 0 Å². The van der Waals surface area contributed by atoms with E-state index in [1.54, 1.807) is 0 Å². The van der Waals surface area contributed by atoms with Crippen molar-refractivity contribution in [3.63, 3.8) is 0 Å². The Kier molecular flexibility index (Phi) is 9.40. The molecule has 0 radical (unpaired) electrons. The van der Waals surface area contributed by atoms with Gasteiger partial charge < -0.3 is 5.32 Å². The molecule has 0 fully saturated rings. The third-order valence-corrected chi connectivity index (χ3v) is 4.23. The molecule has 1 aromatic carbocycles. The second kappa shape index (κ2) is 10.9. The molecule has 0 heterocycles. The van der Waals surface area contributed by atoms with E-state index < -0.39 is 0 Å². The SMILES string of the molecule is CCCCCCCCCC(CNC)c1ccccc1C. The van der Waals surface area contributed by atoms with Gasteiger partial charge in [0.05, 0.1) is 0 Å². The first-order chi connectivity index (χ1) is 9.79. The summed E-state index contributed by atoms with van der Waals surface area (Å²) in [6, 6.07) is 8.86. The van der Waals surface area contributed by atoms with E-state index in [0.29, 0.717) is 5.92 Å². The highest BCUT2D eigenvalue weighted by molar-refractivity contribution is 5.29. The average molecular weight is 275 g/mol. The largest absolute Gasteiger partial charge is 0.319 e. The van der Waals surface area contributed by atoms with Gasteiger partial charge in [0.1, 0.15) is 0 Å². The summed E-state index contributed by atoms with van der Waals surface area (Å²) in [7, 11) is 2.07. The van der Waals surface area contributed by atoms with Crippen LogP contribution in [0.3, 0.4) is 0 Å². The Morgan fingerprint density at radius 1 is 0.950 bits per heavy atom. The zero-order valence-corrected chi connectivity index (χ0v) is 13.8. The fraction of sp³-hybridized carbons (Fsp3) is 0.684. The molecule has 1 nitrogen and oxygen atoms in total. The molecule has 0 spiro atoms. The van der Waals surface area contributed by atoms with Crippen molar-refractivity contribution in [3.8, 4) is 0 Å². The Hall–Kier alpha value is -0.820. The quantitative estimate of drug-likeness (QED) is 0.530. The molecular formula is C19H33N. The molecule has 0 saturated carbocycles. The Bertz CT molecular complexity index is 345. The van der Waals surface area contributed by atoms with Crippen molar-refractivity contribution in [2.75, 3.05) is 13.6 Å². The topological polar surface area (TPSA) is 12.0 Å². The fourth-order valence-electron chi connectivity index (χ4n) is 3.01. The molecule has 1 rings (SSSR count). The first kappa shape index (κ1) is 17.2. The minimum atomic E-state index is 0.678. The Morgan fingerprint density at radius 3 is 2.25 bits per heavy atom. The monoisotopic (exact) mass is 275 g/mol. The van der Waals surface area contributed by atoms with Gasteiger partial charge in [-0.05, 0) is 37.4 Å². The molecule has 0 amide bonds. The molecule has 0 aliphatic carbocycles. The number of hydrogen-bond donors (Lipinski definition) is 1. The summed E-state index contributed by atoms with van der Waals surface area (Å²) in [4.78, 5) is 0. The van der Waals surface area contributed by atoms with Gasteiger partial charge in [0.2, 0.25) is 0 Å². The van der Waals surface area contributed by atoms with Gasteiger partial charge in [-0.25, -0.2) is 0 Å². The number of aryl methyl sites for hydroxylation is 1. The predicted molar refractivity (Wildman–Crippen MR) is 90.5 cm³/mol. The molecule has 1 heteroatoms. The third kappa shape index (κ3) is 6.56. The number of hydrogen-bond acceptors (Lipinski definition) is 1. The smallest absolute Gasteiger partial charge is 0.00172 e. The van der Waals surface area contributed by atoms with Crippen molar-refractivity contribution in [1.29, 1.82) is 0 Å². The van der Waals surface area contributed by atoms with Gasteiger partial charge >= 0.3 is 0 Å². The van der Waals surface area contributed by atoms with Gasteiger partial charge in [0.15, 0.2) is 0 Å². The number of benzene rings is 1. The van der Waals surface area contributed by atoms with Crippen molar-refractivity contribution in [2.24, 2.45) is 0 Å². The number of likely N-dealkylation sites (N-methyl/N-ethyl adjacent to an activating group) is 1. The minimum Gasteiger partial charge on any atom is -0.319 e. The van der Waals surface area contributed by atoms with Crippen molar-refractivity contribution < 1.29 is 0 Å². The molecule has 20 heavy (non-hydrogen) atoms. The highest BCUT2D eigenvalue weighted by Crippen LogP contribution is 2.25. The maximum Gasteiger partial charge on any atom is 0.00172 e. The van der Waals surface area contributed by atoms with Crippen LogP contribution in [0, 0.1) is 6.92 Å². The zero-order valence-electron chi connectivity index (χ0n) is 13.8. The van der Waals surface area contributed by atoms with E-state index in [-0.39, 0.29) is 0 Å². The lowest BCUT2D eigenvalue weighted by molar-refractivity contribution is 0.518. The van der Waals surface area contributed by atoms with Crippen molar-refractivity contribution in [2.45, 2.75) is 71.1 Å². The summed E-state index contributed by atoms with van der Waals surface area (Å²) in [5, 5.41) is 3.36. The molecular weight excluding hydrogens is 242 g/mol. The third-order valence-electron chi connectivity index (χ3n) is 4.23. The van der Waals surface area contributed by atoms with E-state index in [1.165, 1.54) is 62.5 Å². The molecule has 114 valence electrons. The molecule has 1 N–H and O–H groups in total. The lowest BCUT2D eigenvalue weighted by Gasteiger charge is -2.19. The lowest BCUT2D eigenvalue weighted by atomic mass is 9.90. The normalized spacial score (nSPS) is 12.6. The second-order valence-corrected chi connectivity index (χ2v) is 6.02. The van der Waals surface area contributed by atoms with Crippen LogP contribution in [0.1, 0.15) is 75.3 Å². The summed E-state index contributed by atoms with van der Waals surface area (Å²) >= 11 is 0. The minimum absolute atomic E-state index is 0.678. The second-order valence-electron chi connectivity index (χ2n) is 6.02. The standard InChI is InChI=1S/C19H33N/c1-4-5-6-7-8-9-10-14-18(16-20-3)19-15-12-11-13-17(19)2/h11-13,15,18,20H,4-10,14,16H2,1-3H3. The van der Waals surface area contributed by atoms with E-state index >= 15 is 0 Å². The Labute approximate surface area is 126 Å². The maximum atomic E-state index is 3.36. The van der Waals surface area contributed by atoms with E-state index in [4.69, 9.17) is 0 Å². The van der Waals surface area contributed by atoms with E-state index in [2.05, 4.69) is 50.5 Å². The molecule has 1 unspecified atom stereocenters. The highest BCUT2D eigenvalue weighted by atomic mass is 14.8. The summed E-state index contributed by atoms with van der Waals surface area (Å²) in [5.74, 6) is 0.678. The van der Waals surface area contributed by atoms with Crippen LogP contribution in [-0.2, 0) is 0 Å². The van der Waals surface area contributed by atoms with Crippen LogP contribution >= 0.6 is 0 Å². The van der Waals surface area contributed by atoms with E-state index in [0.717, 1.165) is 6.54 Å². The Morgan fingerprint density at radius 2 is 1.60 bits per heavy atom. The molecule has 0 saturated heterocycles. The summed E-state index contributed by atoms with van der Waals surface area (Å²) in [6.45, 7) is 5.62. The molecule has 0 bridgehead atoms. The molecule has 0 aliphatic heterocycles. The summed E-state index contributed by atoms with van der Waals surface area (Å²) in [6.07, 6.45) is 11.1. The van der Waals surface area contributed by atoms with E-state index in [9.17, 15) is 0 Å². The van der Waals surface area contributed by atoms with Crippen LogP contribution < -0.4 is 5.32 Å². The van der Waals surface area contributed by atoms with Crippen LogP contribution in [0.5, 0.6) is 0 Å². The summed E-state index contributed by atoms with van der Waals surface area (Å²) in [5.41, 5.74) is 2.98. The number of unbranched alkanes of at least 4 members (excludes halogenated alkanes) is 6. The predicted octanol–water partition coefficient (Wildman–Crippen LogP) is 5.44. The van der Waals surface area contributed by atoms with Crippen LogP contribution in [0.25, 0.3) is 0 Å². The van der Waals surface area contributed by atoms with Crippen LogP contribution in [0.4, 0.5) is 0 Å². The van der Waals surface area contributed by atoms with Crippen molar-refractivity contribution in [3.05, 3.63) is 35.4 Å². The molecule has 1 atom stereocenters. The van der Waals surface area contributed by atoms with E-state index in [1.807, 2.05) is 0 Å². The van der Waals surface area contributed by atoms with Crippen LogP contribution in [-0.4, -0.2) is 13.6 Å². The van der Waals surface area contributed by atoms with Gasteiger partial charge in [-0.15, -0.1) is 0 Å².